The number of nitrogens with one attached hydrogen (secondary N) is 2. The molecule has 1 saturated heterocycles. The zero-order chi connectivity index (χ0) is 23.4. The molecule has 1 aliphatic heterocycles. The van der Waals surface area contributed by atoms with Crippen molar-refractivity contribution in [2.24, 2.45) is 0 Å². The second-order valence-corrected chi connectivity index (χ2v) is 9.43. The van der Waals surface area contributed by atoms with E-state index in [2.05, 4.69) is 45.3 Å². The molecule has 0 radical (unpaired) electrons. The summed E-state index contributed by atoms with van der Waals surface area (Å²) in [5.74, 6) is 0.791. The Hall–Kier alpha value is -2.45. The highest BCUT2D eigenvalue weighted by atomic mass is 35.5. The van der Waals surface area contributed by atoms with Gasteiger partial charge in [-0.1, -0.05) is 37.6 Å². The number of piperazine rings is 1. The lowest BCUT2D eigenvalue weighted by Gasteiger charge is -2.32. The summed E-state index contributed by atoms with van der Waals surface area (Å²) < 4.78 is 0. The minimum atomic E-state index is 0.703. The van der Waals surface area contributed by atoms with Gasteiger partial charge in [0.1, 0.15) is 5.69 Å². The molecule has 1 fully saturated rings. The third-order valence-corrected chi connectivity index (χ3v) is 6.73. The van der Waals surface area contributed by atoms with Crippen LogP contribution in [0.2, 0.25) is 5.02 Å². The number of nitrogens with zero attached hydrogens (tertiary/aromatic N) is 4. The molecular weight excluding hydrogens is 452 g/mol. The minimum Gasteiger partial charge on any atom is -0.337 e. The second kappa shape index (κ2) is 10.7. The van der Waals surface area contributed by atoms with Gasteiger partial charge in [-0.25, -0.2) is 9.97 Å². The zero-order valence-electron chi connectivity index (χ0n) is 19.7. The average molecular weight is 483 g/mol. The van der Waals surface area contributed by atoms with Crippen molar-refractivity contribution in [3.63, 3.8) is 0 Å². The lowest BCUT2D eigenvalue weighted by molar-refractivity contribution is 0.148. The fraction of sp³-hybridized carbons (Fsp3) is 0.360. The number of anilines is 2. The van der Waals surface area contributed by atoms with Crippen LogP contribution in [0.3, 0.4) is 0 Å². The number of imidazole rings is 1. The Morgan fingerprint density at radius 2 is 1.85 bits per heavy atom. The van der Waals surface area contributed by atoms with Crippen molar-refractivity contribution in [3.05, 3.63) is 57.9 Å². The molecule has 0 saturated carbocycles. The molecule has 33 heavy (non-hydrogen) atoms. The van der Waals surface area contributed by atoms with Crippen LogP contribution in [0.4, 0.5) is 10.8 Å². The predicted molar refractivity (Wildman–Crippen MR) is 141 cm³/mol. The molecule has 3 heterocycles. The average Bonchev–Trinajstić information content (AvgIpc) is 3.46. The first kappa shape index (κ1) is 23.7. The molecule has 0 unspecified atom stereocenters. The van der Waals surface area contributed by atoms with E-state index in [1.165, 1.54) is 5.56 Å². The number of fused-ring (bicyclic) bond motifs is 1. The van der Waals surface area contributed by atoms with Gasteiger partial charge in [0.15, 0.2) is 11.0 Å². The van der Waals surface area contributed by atoms with Crippen molar-refractivity contribution in [3.8, 4) is 11.5 Å². The number of halogens is 1. The number of aromatic nitrogens is 3. The highest BCUT2D eigenvalue weighted by Gasteiger charge is 2.15. The van der Waals surface area contributed by atoms with E-state index >= 15 is 0 Å². The number of likely N-dealkylation sites (N-methyl/N-ethyl adjacent to an activating group) is 1. The molecule has 1 aliphatic rings. The number of hydrogen-bond acceptors (Lipinski definition) is 6. The maximum atomic E-state index is 6.13. The van der Waals surface area contributed by atoms with Crippen LogP contribution in [0.15, 0.2) is 41.8 Å². The topological polar surface area (TPSA) is 60.1 Å². The molecule has 174 valence electrons. The SMILES string of the molecule is CC.Cc1ccc(Cl)cc1Nc1nc(-c2nc3ccc(CN4CCN(C)CC4)cc3[nH]2)cs1. The van der Waals surface area contributed by atoms with Crippen LogP contribution in [-0.2, 0) is 6.54 Å². The molecule has 4 aromatic rings. The van der Waals surface area contributed by atoms with Crippen LogP contribution >= 0.6 is 22.9 Å². The Bertz CT molecular complexity index is 1210. The summed E-state index contributed by atoms with van der Waals surface area (Å²) in [4.78, 5) is 17.8. The maximum absolute atomic E-state index is 6.13. The maximum Gasteiger partial charge on any atom is 0.187 e. The van der Waals surface area contributed by atoms with Crippen molar-refractivity contribution in [1.82, 2.24) is 24.8 Å². The number of rotatable bonds is 5. The van der Waals surface area contributed by atoms with Gasteiger partial charge < -0.3 is 15.2 Å². The number of H-pyrrole nitrogens is 1. The number of thiazole rings is 1. The van der Waals surface area contributed by atoms with Crippen molar-refractivity contribution < 1.29 is 0 Å². The van der Waals surface area contributed by atoms with Gasteiger partial charge in [-0.3, -0.25) is 4.90 Å². The van der Waals surface area contributed by atoms with Gasteiger partial charge in [-0.2, -0.15) is 0 Å². The van der Waals surface area contributed by atoms with E-state index in [0.717, 1.165) is 71.7 Å². The van der Waals surface area contributed by atoms with Crippen LogP contribution in [0.25, 0.3) is 22.6 Å². The van der Waals surface area contributed by atoms with E-state index < -0.39 is 0 Å². The Labute approximate surface area is 204 Å². The van der Waals surface area contributed by atoms with Crippen LogP contribution in [0.1, 0.15) is 25.0 Å². The molecule has 2 N–H and O–H groups in total. The van der Waals surface area contributed by atoms with Gasteiger partial charge in [-0.05, 0) is 49.4 Å². The van der Waals surface area contributed by atoms with Gasteiger partial charge >= 0.3 is 0 Å². The molecule has 0 aliphatic carbocycles. The van der Waals surface area contributed by atoms with Crippen LogP contribution < -0.4 is 5.32 Å². The largest absolute Gasteiger partial charge is 0.337 e. The summed E-state index contributed by atoms with van der Waals surface area (Å²) in [6.07, 6.45) is 0. The third kappa shape index (κ3) is 5.73. The first-order valence-corrected chi connectivity index (χ1v) is 12.7. The van der Waals surface area contributed by atoms with E-state index in [1.54, 1.807) is 11.3 Å². The monoisotopic (exact) mass is 482 g/mol. The molecule has 0 atom stereocenters. The van der Waals surface area contributed by atoms with Gasteiger partial charge in [0, 0.05) is 48.8 Å². The normalized spacial score (nSPS) is 14.8. The molecule has 6 nitrogen and oxygen atoms in total. The van der Waals surface area contributed by atoms with Gasteiger partial charge in [0.25, 0.3) is 0 Å². The summed E-state index contributed by atoms with van der Waals surface area (Å²) in [6, 6.07) is 12.3. The molecule has 2 aromatic carbocycles. The standard InChI is InChI=1S/C23H25ClN6S.C2H6/c1-15-3-5-17(24)12-19(15)27-23-28-21(14-31-23)22-25-18-6-4-16(11-20(18)26-22)13-30-9-7-29(2)8-10-30;1-2/h3-6,11-12,14H,7-10,13H2,1-2H3,(H,25,26)(H,27,28);1-2H3. The Kier molecular flexibility index (Phi) is 7.65. The van der Waals surface area contributed by atoms with Crippen LogP contribution in [0.5, 0.6) is 0 Å². The zero-order valence-corrected chi connectivity index (χ0v) is 21.2. The number of hydrogen-bond donors (Lipinski definition) is 2. The summed E-state index contributed by atoms with van der Waals surface area (Å²) >= 11 is 7.69. The molecule has 5 rings (SSSR count). The van der Waals surface area contributed by atoms with Gasteiger partial charge in [0.05, 0.1) is 11.0 Å². The first-order chi connectivity index (χ1) is 16.0. The van der Waals surface area contributed by atoms with E-state index in [-0.39, 0.29) is 0 Å². The van der Waals surface area contributed by atoms with Crippen molar-refractivity contribution in [1.29, 1.82) is 0 Å². The smallest absolute Gasteiger partial charge is 0.187 e. The lowest BCUT2D eigenvalue weighted by atomic mass is 10.1. The molecular formula is C25H31ClN6S. The summed E-state index contributed by atoms with van der Waals surface area (Å²) in [5, 5.41) is 6.91. The Balaban J connectivity index is 0.00000126. The van der Waals surface area contributed by atoms with Gasteiger partial charge in [0.2, 0.25) is 0 Å². The molecule has 8 heteroatoms. The number of benzene rings is 2. The quantitative estimate of drug-likeness (QED) is 0.356. The summed E-state index contributed by atoms with van der Waals surface area (Å²) in [7, 11) is 2.19. The van der Waals surface area contributed by atoms with E-state index in [1.807, 2.05) is 44.4 Å². The van der Waals surface area contributed by atoms with Crippen LogP contribution in [-0.4, -0.2) is 58.0 Å². The Morgan fingerprint density at radius 3 is 2.64 bits per heavy atom. The highest BCUT2D eigenvalue weighted by molar-refractivity contribution is 7.14. The third-order valence-electron chi connectivity index (χ3n) is 5.74. The predicted octanol–water partition coefficient (Wildman–Crippen LogP) is 6.17. The lowest BCUT2D eigenvalue weighted by Crippen LogP contribution is -2.43. The van der Waals surface area contributed by atoms with Crippen molar-refractivity contribution >= 4 is 44.8 Å². The van der Waals surface area contributed by atoms with E-state index in [4.69, 9.17) is 21.6 Å². The Morgan fingerprint density at radius 1 is 1.06 bits per heavy atom. The molecule has 0 amide bonds. The first-order valence-electron chi connectivity index (χ1n) is 11.4. The fourth-order valence-electron chi connectivity index (χ4n) is 3.82. The minimum absolute atomic E-state index is 0.703. The van der Waals surface area contributed by atoms with E-state index in [9.17, 15) is 0 Å². The number of aromatic amines is 1. The van der Waals surface area contributed by atoms with Crippen molar-refractivity contribution in [2.45, 2.75) is 27.3 Å². The summed E-state index contributed by atoms with van der Waals surface area (Å²) in [5.41, 5.74) is 6.25. The fourth-order valence-corrected chi connectivity index (χ4v) is 4.70. The molecule has 0 bridgehead atoms. The second-order valence-electron chi connectivity index (χ2n) is 8.14. The van der Waals surface area contributed by atoms with Crippen LogP contribution in [0, 0.1) is 6.92 Å². The molecule has 0 spiro atoms. The highest BCUT2D eigenvalue weighted by Crippen LogP contribution is 2.29. The van der Waals surface area contributed by atoms with Crippen molar-refractivity contribution in [2.75, 3.05) is 38.5 Å². The summed E-state index contributed by atoms with van der Waals surface area (Å²) in [6.45, 7) is 11.5. The molecule has 2 aromatic heterocycles. The number of aryl methyl sites for hydroxylation is 1. The van der Waals surface area contributed by atoms with Gasteiger partial charge in [-0.15, -0.1) is 11.3 Å². The van der Waals surface area contributed by atoms with E-state index in [0.29, 0.717) is 5.02 Å².